The number of amides is 2. The normalized spacial score (nSPS) is 26.6. The highest BCUT2D eigenvalue weighted by atomic mass is 16.6. The number of methoxy groups -OCH3 is 1. The highest BCUT2D eigenvalue weighted by Crippen LogP contribution is 2.34. The maximum Gasteiger partial charge on any atom is 0.224 e. The average Bonchev–Trinajstić information content (AvgIpc) is 3.44. The number of epoxide rings is 1. The fraction of sp³-hybridized carbons (Fsp3) is 0.667. The number of hydrogen-bond donors (Lipinski definition) is 3. The maximum atomic E-state index is 13.7. The summed E-state index contributed by atoms with van der Waals surface area (Å²) in [7, 11) is 1.58. The Balaban J connectivity index is 1.46. The molecule has 1 aromatic carbocycles. The van der Waals surface area contributed by atoms with Crippen LogP contribution in [0.25, 0.3) is 0 Å². The van der Waals surface area contributed by atoms with Gasteiger partial charge in [0.25, 0.3) is 0 Å². The molecule has 39 heavy (non-hydrogen) atoms. The van der Waals surface area contributed by atoms with Crippen molar-refractivity contribution in [2.45, 2.75) is 95.4 Å². The Hall–Kier alpha value is -2.78. The van der Waals surface area contributed by atoms with Crippen LogP contribution in [0.5, 0.6) is 5.75 Å². The van der Waals surface area contributed by atoms with Gasteiger partial charge >= 0.3 is 0 Å². The molecule has 0 radical (unpaired) electrons. The number of benzene rings is 1. The minimum Gasteiger partial charge on any atom is -0.497 e. The summed E-state index contributed by atoms with van der Waals surface area (Å²) in [6.07, 6.45) is 5.47. The van der Waals surface area contributed by atoms with E-state index in [2.05, 4.69) is 10.6 Å². The number of carbonyl (C=O) groups is 4. The molecule has 4 atom stereocenters. The molecule has 3 N–H and O–H groups in total. The zero-order valence-corrected chi connectivity index (χ0v) is 23.2. The molecule has 2 saturated carbocycles. The first-order valence-electron chi connectivity index (χ1n) is 14.2. The largest absolute Gasteiger partial charge is 0.497 e. The molecule has 1 aromatic rings. The summed E-state index contributed by atoms with van der Waals surface area (Å²) < 4.78 is 10.6. The van der Waals surface area contributed by atoms with E-state index in [1.165, 1.54) is 0 Å². The van der Waals surface area contributed by atoms with Crippen molar-refractivity contribution in [3.63, 3.8) is 0 Å². The van der Waals surface area contributed by atoms with Crippen LogP contribution in [0.1, 0.15) is 70.8 Å². The second kappa shape index (κ2) is 12.6. The molecule has 9 nitrogen and oxygen atoms in total. The van der Waals surface area contributed by atoms with Crippen LogP contribution in [0.15, 0.2) is 24.3 Å². The van der Waals surface area contributed by atoms with Crippen LogP contribution in [-0.2, 0) is 30.3 Å². The Labute approximate surface area is 230 Å². The van der Waals surface area contributed by atoms with Crippen LogP contribution < -0.4 is 15.4 Å². The molecule has 1 saturated heterocycles. The number of aliphatic hydroxyl groups is 1. The van der Waals surface area contributed by atoms with Crippen molar-refractivity contribution in [1.82, 2.24) is 10.6 Å². The lowest BCUT2D eigenvalue weighted by atomic mass is 9.81. The van der Waals surface area contributed by atoms with Gasteiger partial charge in [0.15, 0.2) is 11.6 Å². The van der Waals surface area contributed by atoms with E-state index in [0.29, 0.717) is 44.0 Å². The van der Waals surface area contributed by atoms with Crippen molar-refractivity contribution in [2.75, 3.05) is 13.7 Å². The molecule has 1 aliphatic heterocycles. The monoisotopic (exact) mass is 542 g/mol. The fourth-order valence-corrected chi connectivity index (χ4v) is 5.66. The van der Waals surface area contributed by atoms with Crippen molar-refractivity contribution in [2.24, 2.45) is 17.8 Å². The van der Waals surface area contributed by atoms with Crippen LogP contribution in [0, 0.1) is 17.8 Å². The van der Waals surface area contributed by atoms with Crippen molar-refractivity contribution >= 4 is 23.4 Å². The molecule has 0 unspecified atom stereocenters. The first-order chi connectivity index (χ1) is 18.6. The van der Waals surface area contributed by atoms with Gasteiger partial charge in [-0.1, -0.05) is 37.8 Å². The van der Waals surface area contributed by atoms with Crippen LogP contribution in [0.4, 0.5) is 0 Å². The van der Waals surface area contributed by atoms with Crippen LogP contribution >= 0.6 is 0 Å². The predicted octanol–water partition coefficient (Wildman–Crippen LogP) is 2.51. The van der Waals surface area contributed by atoms with Gasteiger partial charge < -0.3 is 25.2 Å². The van der Waals surface area contributed by atoms with Crippen molar-refractivity contribution in [3.8, 4) is 5.75 Å². The maximum absolute atomic E-state index is 13.7. The zero-order valence-electron chi connectivity index (χ0n) is 23.2. The first-order valence-corrected chi connectivity index (χ1v) is 14.2. The number of rotatable bonds is 14. The first kappa shape index (κ1) is 29.2. The van der Waals surface area contributed by atoms with Gasteiger partial charge in [0, 0.05) is 18.3 Å². The quantitative estimate of drug-likeness (QED) is 0.308. The topological polar surface area (TPSA) is 134 Å². The number of aliphatic hydroxyl groups excluding tert-OH is 1. The highest BCUT2D eigenvalue weighted by molar-refractivity contribution is 5.98. The van der Waals surface area contributed by atoms with Crippen LogP contribution in [0.2, 0.25) is 0 Å². The third kappa shape index (κ3) is 7.66. The molecule has 2 amide bonds. The van der Waals surface area contributed by atoms with E-state index in [-0.39, 0.29) is 35.7 Å². The van der Waals surface area contributed by atoms with E-state index in [1.807, 2.05) is 12.1 Å². The minimum absolute atomic E-state index is 0.0787. The van der Waals surface area contributed by atoms with Gasteiger partial charge in [-0.25, -0.2) is 0 Å². The number of carbonyl (C=O) groups excluding carboxylic acids is 4. The lowest BCUT2D eigenvalue weighted by molar-refractivity contribution is -0.136. The van der Waals surface area contributed by atoms with E-state index in [4.69, 9.17) is 9.47 Å². The average molecular weight is 543 g/mol. The summed E-state index contributed by atoms with van der Waals surface area (Å²) in [4.78, 5) is 52.6. The summed E-state index contributed by atoms with van der Waals surface area (Å²) in [6, 6.07) is 5.90. The minimum atomic E-state index is -0.855. The van der Waals surface area contributed by atoms with Gasteiger partial charge in [-0.05, 0) is 63.1 Å². The summed E-state index contributed by atoms with van der Waals surface area (Å²) in [5, 5.41) is 15.2. The van der Waals surface area contributed by atoms with Crippen LogP contribution in [-0.4, -0.2) is 66.0 Å². The van der Waals surface area contributed by atoms with Gasteiger partial charge in [-0.15, -0.1) is 0 Å². The molecule has 1 heterocycles. The lowest BCUT2D eigenvalue weighted by Gasteiger charge is -2.31. The summed E-state index contributed by atoms with van der Waals surface area (Å²) in [5.74, 6) is -0.910. The molecule has 3 aliphatic rings. The van der Waals surface area contributed by atoms with Gasteiger partial charge in [0.2, 0.25) is 11.8 Å². The molecule has 214 valence electrons. The SMILES string of the molecule is COc1ccc(C[C@H](CC(=O)[C@@H](C)NC(=O)C2CC(O)C2)C(=O)N[C@@H](CC2CCCC2)C(=O)[C@@]2(C)CO2)cc1. The molecule has 4 rings (SSSR count). The third-order valence-electron chi connectivity index (χ3n) is 8.56. The van der Waals surface area contributed by atoms with E-state index in [1.54, 1.807) is 33.1 Å². The Morgan fingerprint density at radius 1 is 1.10 bits per heavy atom. The smallest absolute Gasteiger partial charge is 0.224 e. The Morgan fingerprint density at radius 3 is 2.31 bits per heavy atom. The van der Waals surface area contributed by atoms with E-state index in [0.717, 1.165) is 31.2 Å². The summed E-state index contributed by atoms with van der Waals surface area (Å²) >= 11 is 0. The second-order valence-corrected chi connectivity index (χ2v) is 11.8. The molecule has 0 spiro atoms. The second-order valence-electron chi connectivity index (χ2n) is 11.8. The highest BCUT2D eigenvalue weighted by Gasteiger charge is 2.50. The number of ether oxygens (including phenoxy) is 2. The standard InChI is InChI=1S/C30H42N2O7/c1-18(31-28(36)22-14-23(33)15-22)26(34)16-21(12-20-8-10-24(38-3)11-9-20)29(37)32-25(13-19-6-4-5-7-19)27(35)30(2)17-39-30/h8-11,18-19,21-23,25,33H,4-7,12-17H2,1-3H3,(H,31,36)(H,32,37)/t18-,21-,22?,23?,25+,30-/m1/s1. The zero-order chi connectivity index (χ0) is 28.2. The molecule has 2 aliphatic carbocycles. The third-order valence-corrected chi connectivity index (χ3v) is 8.56. The van der Waals surface area contributed by atoms with E-state index < -0.39 is 29.7 Å². The lowest BCUT2D eigenvalue weighted by Crippen LogP contribution is -2.50. The van der Waals surface area contributed by atoms with Crippen molar-refractivity contribution in [1.29, 1.82) is 0 Å². The number of ketones is 2. The van der Waals surface area contributed by atoms with Crippen LogP contribution in [0.3, 0.4) is 0 Å². The molecule has 0 aromatic heterocycles. The molecule has 3 fully saturated rings. The van der Waals surface area contributed by atoms with Crippen molar-refractivity contribution < 1.29 is 33.8 Å². The number of hydrogen-bond acceptors (Lipinski definition) is 7. The van der Waals surface area contributed by atoms with Crippen molar-refractivity contribution in [3.05, 3.63) is 29.8 Å². The van der Waals surface area contributed by atoms with Gasteiger partial charge in [-0.2, -0.15) is 0 Å². The summed E-state index contributed by atoms with van der Waals surface area (Å²) in [5.41, 5.74) is 0.00575. The molecular weight excluding hydrogens is 500 g/mol. The fourth-order valence-electron chi connectivity index (χ4n) is 5.66. The Bertz CT molecular complexity index is 1040. The van der Waals surface area contributed by atoms with Gasteiger partial charge in [0.05, 0.1) is 31.9 Å². The van der Waals surface area contributed by atoms with Gasteiger partial charge in [-0.3, -0.25) is 19.2 Å². The Morgan fingerprint density at radius 2 is 1.74 bits per heavy atom. The van der Waals surface area contributed by atoms with Gasteiger partial charge in [0.1, 0.15) is 11.4 Å². The molecular formula is C30H42N2O7. The van der Waals surface area contributed by atoms with E-state index in [9.17, 15) is 24.3 Å². The summed E-state index contributed by atoms with van der Waals surface area (Å²) in [6.45, 7) is 3.73. The predicted molar refractivity (Wildman–Crippen MR) is 144 cm³/mol. The Kier molecular flexibility index (Phi) is 9.43. The number of nitrogens with one attached hydrogen (secondary N) is 2. The molecule has 9 heteroatoms. The molecule has 0 bridgehead atoms. The van der Waals surface area contributed by atoms with E-state index >= 15 is 0 Å². The number of Topliss-reactive ketones (excluding diaryl/α,β-unsaturated/α-hetero) is 2.